The van der Waals surface area contributed by atoms with Crippen LogP contribution in [0.2, 0.25) is 5.02 Å². The van der Waals surface area contributed by atoms with E-state index in [0.29, 0.717) is 16.8 Å². The van der Waals surface area contributed by atoms with Crippen molar-refractivity contribution in [1.29, 1.82) is 0 Å². The number of benzene rings is 2. The highest BCUT2D eigenvalue weighted by Crippen LogP contribution is 2.39. The molecule has 0 unspecified atom stereocenters. The number of amides is 1. The summed E-state index contributed by atoms with van der Waals surface area (Å²) in [6, 6.07) is 11.4. The summed E-state index contributed by atoms with van der Waals surface area (Å²) in [6.45, 7) is 0. The topological polar surface area (TPSA) is 80.9 Å². The van der Waals surface area contributed by atoms with Gasteiger partial charge in [0.1, 0.15) is 23.7 Å². The predicted molar refractivity (Wildman–Crippen MR) is 107 cm³/mol. The molecular weight excluding hydrogens is 414 g/mol. The first-order chi connectivity index (χ1) is 14.5. The summed E-state index contributed by atoms with van der Waals surface area (Å²) < 4.78 is 32.7. The van der Waals surface area contributed by atoms with Crippen molar-refractivity contribution in [1.82, 2.24) is 15.1 Å². The maximum atomic E-state index is 13.9. The molecule has 2 heterocycles. The quantitative estimate of drug-likeness (QED) is 0.490. The van der Waals surface area contributed by atoms with Gasteiger partial charge in [0.2, 0.25) is 11.8 Å². The monoisotopic (exact) mass is 426 g/mol. The first kappa shape index (κ1) is 19.7. The Morgan fingerprint density at radius 1 is 1.13 bits per heavy atom. The zero-order chi connectivity index (χ0) is 21.1. The summed E-state index contributed by atoms with van der Waals surface area (Å²) in [5.41, 5.74) is 1.64. The van der Waals surface area contributed by atoms with E-state index in [9.17, 15) is 13.6 Å². The van der Waals surface area contributed by atoms with Gasteiger partial charge in [-0.3, -0.25) is 10.1 Å². The van der Waals surface area contributed by atoms with Crippen molar-refractivity contribution in [2.75, 3.05) is 5.32 Å². The highest BCUT2D eigenvalue weighted by Gasteiger charge is 2.24. The minimum Gasteiger partial charge on any atom is -0.337 e. The molecule has 0 aliphatic rings. The minimum absolute atomic E-state index is 0.00503. The van der Waals surface area contributed by atoms with Crippen molar-refractivity contribution >= 4 is 23.4 Å². The third-order valence-electron chi connectivity index (χ3n) is 4.28. The van der Waals surface area contributed by atoms with Gasteiger partial charge < -0.3 is 4.52 Å². The van der Waals surface area contributed by atoms with Crippen LogP contribution in [0.1, 0.15) is 5.56 Å². The lowest BCUT2D eigenvalue weighted by atomic mass is 10.0. The molecule has 0 aliphatic carbocycles. The van der Waals surface area contributed by atoms with Crippen LogP contribution in [-0.4, -0.2) is 21.0 Å². The molecule has 2 aromatic carbocycles. The van der Waals surface area contributed by atoms with Gasteiger partial charge >= 0.3 is 0 Å². The summed E-state index contributed by atoms with van der Waals surface area (Å²) in [5.74, 6) is -1.50. The Morgan fingerprint density at radius 2 is 1.97 bits per heavy atom. The van der Waals surface area contributed by atoms with Crippen molar-refractivity contribution in [2.24, 2.45) is 0 Å². The van der Waals surface area contributed by atoms with E-state index in [2.05, 4.69) is 20.4 Å². The average Bonchev–Trinajstić information content (AvgIpc) is 3.13. The van der Waals surface area contributed by atoms with E-state index in [1.165, 1.54) is 36.8 Å². The van der Waals surface area contributed by atoms with Gasteiger partial charge in [-0.2, -0.15) is 0 Å². The van der Waals surface area contributed by atoms with Crippen molar-refractivity contribution < 1.29 is 18.1 Å². The molecule has 150 valence electrons. The normalized spacial score (nSPS) is 10.8. The Morgan fingerprint density at radius 3 is 2.70 bits per heavy atom. The lowest BCUT2D eigenvalue weighted by Crippen LogP contribution is -2.15. The first-order valence-electron chi connectivity index (χ1n) is 8.77. The van der Waals surface area contributed by atoms with Crippen molar-refractivity contribution in [3.8, 4) is 22.5 Å². The molecule has 6 nitrogen and oxygen atoms in total. The minimum atomic E-state index is -0.511. The lowest BCUT2D eigenvalue weighted by Gasteiger charge is -2.07. The smallest absolute Gasteiger partial charge is 0.241 e. The van der Waals surface area contributed by atoms with Crippen molar-refractivity contribution in [3.63, 3.8) is 0 Å². The van der Waals surface area contributed by atoms with E-state index < -0.39 is 17.5 Å². The average molecular weight is 427 g/mol. The summed E-state index contributed by atoms with van der Waals surface area (Å²) in [5, 5.41) is 6.71. The maximum absolute atomic E-state index is 13.9. The number of rotatable bonds is 5. The molecule has 0 saturated heterocycles. The van der Waals surface area contributed by atoms with Gasteiger partial charge in [-0.15, -0.1) is 0 Å². The molecule has 9 heteroatoms. The summed E-state index contributed by atoms with van der Waals surface area (Å²) >= 11 is 6.18. The van der Waals surface area contributed by atoms with Gasteiger partial charge in [0.15, 0.2) is 0 Å². The number of carbonyl (C=O) groups is 1. The number of hydrogen-bond donors (Lipinski definition) is 1. The molecule has 0 aliphatic heterocycles. The fraction of sp³-hybridized carbons (Fsp3) is 0.0476. The molecule has 4 aromatic rings. The van der Waals surface area contributed by atoms with Gasteiger partial charge in [-0.1, -0.05) is 35.0 Å². The third-order valence-corrected chi connectivity index (χ3v) is 4.59. The molecule has 4 rings (SSSR count). The van der Waals surface area contributed by atoms with E-state index in [4.69, 9.17) is 16.1 Å². The number of carbonyl (C=O) groups excluding carboxylic acids is 1. The molecule has 0 atom stereocenters. The largest absolute Gasteiger partial charge is 0.337 e. The molecule has 1 N–H and O–H groups in total. The number of anilines is 1. The van der Waals surface area contributed by atoms with Crippen LogP contribution in [0, 0.1) is 11.6 Å². The molecule has 0 spiro atoms. The van der Waals surface area contributed by atoms with Crippen molar-refractivity contribution in [2.45, 2.75) is 6.42 Å². The predicted octanol–water partition coefficient (Wildman–Crippen LogP) is 4.91. The first-order valence-corrected chi connectivity index (χ1v) is 9.15. The molecule has 0 radical (unpaired) electrons. The molecule has 30 heavy (non-hydrogen) atoms. The summed E-state index contributed by atoms with van der Waals surface area (Å²) in [6.07, 6.45) is 2.63. The number of nitrogens with one attached hydrogen (secondary N) is 1. The Bertz CT molecular complexity index is 1210. The second kappa shape index (κ2) is 8.38. The van der Waals surface area contributed by atoms with Crippen LogP contribution in [0.15, 0.2) is 65.6 Å². The van der Waals surface area contributed by atoms with Crippen LogP contribution in [0.5, 0.6) is 0 Å². The Kier molecular flexibility index (Phi) is 5.49. The zero-order valence-electron chi connectivity index (χ0n) is 15.3. The fourth-order valence-corrected chi connectivity index (χ4v) is 3.16. The highest BCUT2D eigenvalue weighted by molar-refractivity contribution is 6.33. The lowest BCUT2D eigenvalue weighted by molar-refractivity contribution is -0.115. The van der Waals surface area contributed by atoms with Gasteiger partial charge in [0, 0.05) is 11.8 Å². The van der Waals surface area contributed by atoms with E-state index in [0.717, 1.165) is 6.07 Å². The maximum Gasteiger partial charge on any atom is 0.241 e. The van der Waals surface area contributed by atoms with Crippen LogP contribution in [-0.2, 0) is 11.2 Å². The Hall–Kier alpha value is -3.65. The molecule has 2 aromatic heterocycles. The highest BCUT2D eigenvalue weighted by atomic mass is 35.5. The van der Waals surface area contributed by atoms with E-state index in [1.807, 2.05) is 0 Å². The number of hydrogen-bond acceptors (Lipinski definition) is 5. The van der Waals surface area contributed by atoms with E-state index >= 15 is 0 Å². The molecular formula is C21H13ClF2N4O2. The number of nitrogens with zero attached hydrogens (tertiary/aromatic N) is 3. The third kappa shape index (κ3) is 4.04. The zero-order valence-corrected chi connectivity index (χ0v) is 16.0. The molecule has 0 bridgehead atoms. The fourth-order valence-electron chi connectivity index (χ4n) is 2.90. The van der Waals surface area contributed by atoms with Crippen molar-refractivity contribution in [3.05, 3.63) is 83.3 Å². The second-order valence-electron chi connectivity index (χ2n) is 6.27. The van der Waals surface area contributed by atoms with Gasteiger partial charge in [0.05, 0.1) is 22.7 Å². The van der Waals surface area contributed by atoms with Crippen LogP contribution in [0.3, 0.4) is 0 Å². The second-order valence-corrected chi connectivity index (χ2v) is 6.68. The van der Waals surface area contributed by atoms with Crippen LogP contribution >= 0.6 is 11.6 Å². The Labute approximate surface area is 174 Å². The Balaban J connectivity index is 1.72. The standard InChI is InChI=1S/C21H13ClF2N4O2/c22-15-10-13(23)5-6-14(15)20-19(17-7-8-25-11-26-17)21(30-28-20)27-18(29)9-12-3-1-2-4-16(12)24/h1-8,10-11H,9H2,(H,27,29). The molecule has 0 fully saturated rings. The van der Waals surface area contributed by atoms with E-state index in [1.54, 1.807) is 18.2 Å². The van der Waals surface area contributed by atoms with Gasteiger partial charge in [-0.25, -0.2) is 18.7 Å². The molecule has 0 saturated carbocycles. The number of aromatic nitrogens is 3. The number of halogens is 3. The summed E-state index contributed by atoms with van der Waals surface area (Å²) in [7, 11) is 0. The summed E-state index contributed by atoms with van der Waals surface area (Å²) in [4.78, 5) is 20.6. The molecule has 1 amide bonds. The van der Waals surface area contributed by atoms with Crippen LogP contribution in [0.25, 0.3) is 22.5 Å². The van der Waals surface area contributed by atoms with Crippen LogP contribution in [0.4, 0.5) is 14.7 Å². The van der Waals surface area contributed by atoms with Crippen LogP contribution < -0.4 is 5.32 Å². The van der Waals surface area contributed by atoms with Gasteiger partial charge in [-0.05, 0) is 35.9 Å². The van der Waals surface area contributed by atoms with Gasteiger partial charge in [0.25, 0.3) is 0 Å². The van der Waals surface area contributed by atoms with E-state index in [-0.39, 0.29) is 28.6 Å². The SMILES string of the molecule is O=C(Cc1ccccc1F)Nc1onc(-c2ccc(F)cc2Cl)c1-c1ccncn1.